The van der Waals surface area contributed by atoms with Crippen LogP contribution < -0.4 is 10.9 Å². The molecule has 0 bridgehead atoms. The van der Waals surface area contributed by atoms with Gasteiger partial charge in [0.05, 0.1) is 28.4 Å². The normalized spacial score (nSPS) is 15.4. The number of pyridine rings is 1. The predicted molar refractivity (Wildman–Crippen MR) is 111 cm³/mol. The monoisotopic (exact) mass is 390 g/mol. The maximum atomic E-state index is 13.0. The van der Waals surface area contributed by atoms with E-state index in [0.29, 0.717) is 27.7 Å². The number of hydrogen-bond acceptors (Lipinski definition) is 6. The van der Waals surface area contributed by atoms with Gasteiger partial charge in [0.1, 0.15) is 5.75 Å². The largest absolute Gasteiger partial charge is 0.507 e. The van der Waals surface area contributed by atoms with E-state index in [1.54, 1.807) is 27.8 Å². The van der Waals surface area contributed by atoms with E-state index in [-0.39, 0.29) is 17.4 Å². The summed E-state index contributed by atoms with van der Waals surface area (Å²) in [4.78, 5) is 22.0. The summed E-state index contributed by atoms with van der Waals surface area (Å²) in [6, 6.07) is 3.80. The standard InChI is InChI=1S/C21H22N6O2/c1-12-19-13(10-26(2)25-19)7-15(20(12)28)17-8-18-16(9-23-17)21(29)27(11-24-18)14-3-5-22-6-4-14/h7-11,14,22,28H,3-6H2,1-2H3. The highest BCUT2D eigenvalue weighted by Gasteiger charge is 2.19. The number of nitrogens with zero attached hydrogens (tertiary/aromatic N) is 5. The highest BCUT2D eigenvalue weighted by molar-refractivity contribution is 5.92. The summed E-state index contributed by atoms with van der Waals surface area (Å²) in [6.07, 6.45) is 6.94. The van der Waals surface area contributed by atoms with E-state index in [4.69, 9.17) is 0 Å². The second-order valence-corrected chi connectivity index (χ2v) is 7.66. The second kappa shape index (κ2) is 6.66. The number of rotatable bonds is 2. The molecule has 4 heterocycles. The van der Waals surface area contributed by atoms with E-state index < -0.39 is 0 Å². The van der Waals surface area contributed by atoms with Gasteiger partial charge in [-0.25, -0.2) is 4.98 Å². The number of benzene rings is 1. The van der Waals surface area contributed by atoms with Crippen LogP contribution in [0.5, 0.6) is 5.75 Å². The Hall–Kier alpha value is -3.26. The Balaban J connectivity index is 1.63. The lowest BCUT2D eigenvalue weighted by molar-refractivity contribution is 0.359. The molecule has 0 aliphatic carbocycles. The molecule has 0 saturated carbocycles. The van der Waals surface area contributed by atoms with E-state index in [2.05, 4.69) is 20.4 Å². The van der Waals surface area contributed by atoms with Gasteiger partial charge in [-0.2, -0.15) is 5.10 Å². The van der Waals surface area contributed by atoms with E-state index in [0.717, 1.165) is 36.8 Å². The van der Waals surface area contributed by atoms with Gasteiger partial charge >= 0.3 is 0 Å². The summed E-state index contributed by atoms with van der Waals surface area (Å²) < 4.78 is 3.45. The third-order valence-corrected chi connectivity index (χ3v) is 5.77. The first-order valence-electron chi connectivity index (χ1n) is 9.77. The van der Waals surface area contributed by atoms with Crippen LogP contribution in [-0.4, -0.2) is 42.5 Å². The van der Waals surface area contributed by atoms with Crippen molar-refractivity contribution in [2.75, 3.05) is 13.1 Å². The van der Waals surface area contributed by atoms with Crippen LogP contribution in [0.3, 0.4) is 0 Å². The van der Waals surface area contributed by atoms with Crippen molar-refractivity contribution in [2.24, 2.45) is 7.05 Å². The maximum Gasteiger partial charge on any atom is 0.263 e. The Morgan fingerprint density at radius 2 is 2.00 bits per heavy atom. The summed E-state index contributed by atoms with van der Waals surface area (Å²) in [5.41, 5.74) is 3.16. The second-order valence-electron chi connectivity index (χ2n) is 7.66. The van der Waals surface area contributed by atoms with Crippen LogP contribution in [0.4, 0.5) is 0 Å². The molecule has 4 aromatic rings. The third-order valence-electron chi connectivity index (χ3n) is 5.77. The minimum Gasteiger partial charge on any atom is -0.507 e. The van der Waals surface area contributed by atoms with Gasteiger partial charge in [-0.1, -0.05) is 0 Å². The van der Waals surface area contributed by atoms with Crippen molar-refractivity contribution in [1.82, 2.24) is 29.6 Å². The van der Waals surface area contributed by atoms with Gasteiger partial charge in [-0.15, -0.1) is 0 Å². The number of aromatic hydroxyl groups is 1. The first kappa shape index (κ1) is 17.8. The molecule has 1 aliphatic heterocycles. The molecular weight excluding hydrogens is 368 g/mol. The molecule has 148 valence electrons. The van der Waals surface area contributed by atoms with Crippen LogP contribution in [0.1, 0.15) is 24.4 Å². The maximum absolute atomic E-state index is 13.0. The summed E-state index contributed by atoms with van der Waals surface area (Å²) in [5, 5.41) is 19.8. The molecule has 0 radical (unpaired) electrons. The number of fused-ring (bicyclic) bond motifs is 2. The molecule has 29 heavy (non-hydrogen) atoms. The molecule has 1 aliphatic rings. The lowest BCUT2D eigenvalue weighted by Gasteiger charge is -2.24. The molecule has 0 atom stereocenters. The first-order valence-corrected chi connectivity index (χ1v) is 9.77. The lowest BCUT2D eigenvalue weighted by atomic mass is 10.0. The third kappa shape index (κ3) is 2.87. The summed E-state index contributed by atoms with van der Waals surface area (Å²) in [5.74, 6) is 0.145. The number of hydrogen-bond donors (Lipinski definition) is 2. The van der Waals surface area contributed by atoms with Crippen molar-refractivity contribution >= 4 is 21.8 Å². The summed E-state index contributed by atoms with van der Waals surface area (Å²) in [7, 11) is 1.85. The number of aromatic nitrogens is 5. The van der Waals surface area contributed by atoms with Gasteiger partial charge in [-0.05, 0) is 45.0 Å². The molecular formula is C21H22N6O2. The fourth-order valence-corrected chi connectivity index (χ4v) is 4.16. The minimum atomic E-state index is -0.0657. The highest BCUT2D eigenvalue weighted by Crippen LogP contribution is 2.36. The van der Waals surface area contributed by atoms with Crippen molar-refractivity contribution in [1.29, 1.82) is 0 Å². The molecule has 5 rings (SSSR count). The number of phenols is 1. The molecule has 1 saturated heterocycles. The van der Waals surface area contributed by atoms with Crippen LogP contribution in [0.25, 0.3) is 33.1 Å². The van der Waals surface area contributed by atoms with Gasteiger partial charge in [-0.3, -0.25) is 19.0 Å². The fourth-order valence-electron chi connectivity index (χ4n) is 4.16. The topological polar surface area (TPSA) is 97.9 Å². The fraction of sp³-hybridized carbons (Fsp3) is 0.333. The first-order chi connectivity index (χ1) is 14.0. The van der Waals surface area contributed by atoms with E-state index in [1.807, 2.05) is 26.2 Å². The van der Waals surface area contributed by atoms with Crippen LogP contribution in [0.2, 0.25) is 0 Å². The molecule has 0 spiro atoms. The molecule has 0 amide bonds. The molecule has 8 nitrogen and oxygen atoms in total. The highest BCUT2D eigenvalue weighted by atomic mass is 16.3. The van der Waals surface area contributed by atoms with Gasteiger partial charge in [0.15, 0.2) is 0 Å². The van der Waals surface area contributed by atoms with Crippen molar-refractivity contribution in [3.63, 3.8) is 0 Å². The Bertz CT molecular complexity index is 1300. The van der Waals surface area contributed by atoms with Crippen LogP contribution >= 0.6 is 0 Å². The Morgan fingerprint density at radius 3 is 2.79 bits per heavy atom. The zero-order chi connectivity index (χ0) is 20.1. The van der Waals surface area contributed by atoms with Crippen molar-refractivity contribution in [3.05, 3.63) is 46.8 Å². The molecule has 1 fully saturated rings. The average molecular weight is 390 g/mol. The van der Waals surface area contributed by atoms with Crippen molar-refractivity contribution in [3.8, 4) is 17.0 Å². The molecule has 8 heteroatoms. The molecule has 0 unspecified atom stereocenters. The summed E-state index contributed by atoms with van der Waals surface area (Å²) >= 11 is 0. The van der Waals surface area contributed by atoms with Crippen molar-refractivity contribution < 1.29 is 5.11 Å². The number of piperidine rings is 1. The molecule has 1 aromatic carbocycles. The number of nitrogens with one attached hydrogen (secondary N) is 1. The SMILES string of the molecule is Cc1c(O)c(-c2cc3ncn(C4CCNCC4)c(=O)c3cn2)cc2cn(C)nc12. The molecule has 3 aromatic heterocycles. The zero-order valence-corrected chi connectivity index (χ0v) is 16.4. The van der Waals surface area contributed by atoms with Gasteiger partial charge < -0.3 is 10.4 Å². The average Bonchev–Trinajstić information content (AvgIpc) is 3.12. The van der Waals surface area contributed by atoms with Gasteiger partial charge in [0.2, 0.25) is 0 Å². The smallest absolute Gasteiger partial charge is 0.263 e. The van der Waals surface area contributed by atoms with Crippen LogP contribution in [0.15, 0.2) is 35.6 Å². The number of phenolic OH excluding ortho intramolecular Hbond substituents is 1. The minimum absolute atomic E-state index is 0.0657. The van der Waals surface area contributed by atoms with Gasteiger partial charge in [0.25, 0.3) is 5.56 Å². The summed E-state index contributed by atoms with van der Waals surface area (Å²) in [6.45, 7) is 3.65. The van der Waals surface area contributed by atoms with E-state index in [1.165, 1.54) is 0 Å². The van der Waals surface area contributed by atoms with E-state index >= 15 is 0 Å². The Morgan fingerprint density at radius 1 is 1.21 bits per heavy atom. The van der Waals surface area contributed by atoms with E-state index in [9.17, 15) is 9.90 Å². The Kier molecular flexibility index (Phi) is 4.09. The lowest BCUT2D eigenvalue weighted by Crippen LogP contribution is -2.34. The van der Waals surface area contributed by atoms with Crippen molar-refractivity contribution in [2.45, 2.75) is 25.8 Å². The number of aryl methyl sites for hydroxylation is 2. The predicted octanol–water partition coefficient (Wildman–Crippen LogP) is 2.28. The van der Waals surface area contributed by atoms with Crippen LogP contribution in [-0.2, 0) is 7.05 Å². The molecule has 2 N–H and O–H groups in total. The Labute approximate surface area is 166 Å². The van der Waals surface area contributed by atoms with Crippen LogP contribution in [0, 0.1) is 6.92 Å². The van der Waals surface area contributed by atoms with Gasteiger partial charge in [0, 0.05) is 42.0 Å². The zero-order valence-electron chi connectivity index (χ0n) is 16.4. The quantitative estimate of drug-likeness (QED) is 0.545.